The van der Waals surface area contributed by atoms with Crippen LogP contribution < -0.4 is 11.5 Å². The molecule has 0 saturated heterocycles. The van der Waals surface area contributed by atoms with Crippen molar-refractivity contribution < 1.29 is 0 Å². The zero-order valence-corrected chi connectivity index (χ0v) is 9.21. The van der Waals surface area contributed by atoms with Gasteiger partial charge in [0.25, 0.3) is 0 Å². The Labute approximate surface area is 86.5 Å². The Hall–Kier alpha value is -0.130. The molecule has 0 heterocycles. The zero-order valence-electron chi connectivity index (χ0n) is 7.05. The summed E-state index contributed by atoms with van der Waals surface area (Å²) in [6.07, 6.45) is 0. The van der Waals surface area contributed by atoms with Crippen LogP contribution in [0, 0.1) is 10.5 Å². The molecule has 0 spiro atoms. The third-order valence-electron chi connectivity index (χ3n) is 1.86. The van der Waals surface area contributed by atoms with Crippen LogP contribution in [0.5, 0.6) is 0 Å². The summed E-state index contributed by atoms with van der Waals surface area (Å²) in [6, 6.07) is 6.17. The first-order valence-electron chi connectivity index (χ1n) is 3.87. The maximum absolute atomic E-state index is 5.79. The highest BCUT2D eigenvalue weighted by Gasteiger charge is 2.03. The van der Waals surface area contributed by atoms with E-state index in [-0.39, 0.29) is 6.04 Å². The average Bonchev–Trinajstić information content (AvgIpc) is 2.08. The summed E-state index contributed by atoms with van der Waals surface area (Å²) in [6.45, 7) is 2.58. The Morgan fingerprint density at radius 2 is 2.17 bits per heavy atom. The number of rotatable bonds is 2. The highest BCUT2D eigenvalue weighted by atomic mass is 127. The van der Waals surface area contributed by atoms with E-state index in [0.717, 1.165) is 5.56 Å². The van der Waals surface area contributed by atoms with Gasteiger partial charge in [-0.1, -0.05) is 12.1 Å². The van der Waals surface area contributed by atoms with Crippen molar-refractivity contribution in [2.45, 2.75) is 13.0 Å². The van der Waals surface area contributed by atoms with Gasteiger partial charge in [-0.05, 0) is 46.7 Å². The van der Waals surface area contributed by atoms with Crippen LogP contribution in [0.2, 0.25) is 0 Å². The molecule has 12 heavy (non-hydrogen) atoms. The van der Waals surface area contributed by atoms with Crippen molar-refractivity contribution in [3.63, 3.8) is 0 Å². The molecule has 3 heteroatoms. The van der Waals surface area contributed by atoms with Crippen molar-refractivity contribution in [1.29, 1.82) is 0 Å². The molecule has 0 amide bonds. The predicted octanol–water partition coefficient (Wildman–Crippen LogP) is 1.56. The summed E-state index contributed by atoms with van der Waals surface area (Å²) in [4.78, 5) is 0. The SMILES string of the molecule is Cc1cc([C@H](N)CN)ccc1I. The normalized spacial score (nSPS) is 13.0. The molecule has 0 radical (unpaired) electrons. The molecule has 1 aromatic carbocycles. The molecule has 2 nitrogen and oxygen atoms in total. The summed E-state index contributed by atoms with van der Waals surface area (Å²) in [5.74, 6) is 0. The minimum atomic E-state index is -0.0271. The van der Waals surface area contributed by atoms with E-state index in [1.165, 1.54) is 9.13 Å². The molecule has 0 aliphatic rings. The summed E-state index contributed by atoms with van der Waals surface area (Å²) in [7, 11) is 0. The largest absolute Gasteiger partial charge is 0.329 e. The van der Waals surface area contributed by atoms with Crippen molar-refractivity contribution >= 4 is 22.6 Å². The van der Waals surface area contributed by atoms with E-state index in [4.69, 9.17) is 11.5 Å². The van der Waals surface area contributed by atoms with Gasteiger partial charge in [0.05, 0.1) is 0 Å². The molecule has 0 aliphatic heterocycles. The Balaban J connectivity index is 2.96. The number of nitrogens with two attached hydrogens (primary N) is 2. The Kier molecular flexibility index (Phi) is 3.49. The Morgan fingerprint density at radius 3 is 2.67 bits per heavy atom. The molecule has 0 saturated carbocycles. The van der Waals surface area contributed by atoms with Gasteiger partial charge in [0.1, 0.15) is 0 Å². The van der Waals surface area contributed by atoms with Crippen molar-refractivity contribution in [3.05, 3.63) is 32.9 Å². The van der Waals surface area contributed by atoms with Gasteiger partial charge in [0.2, 0.25) is 0 Å². The van der Waals surface area contributed by atoms with Crippen LogP contribution in [0.15, 0.2) is 18.2 Å². The Morgan fingerprint density at radius 1 is 1.50 bits per heavy atom. The van der Waals surface area contributed by atoms with Crippen molar-refractivity contribution in [2.24, 2.45) is 11.5 Å². The maximum atomic E-state index is 5.79. The minimum absolute atomic E-state index is 0.0271. The lowest BCUT2D eigenvalue weighted by Gasteiger charge is -2.10. The topological polar surface area (TPSA) is 52.0 Å². The van der Waals surface area contributed by atoms with Gasteiger partial charge in [-0.15, -0.1) is 0 Å². The first kappa shape index (κ1) is 9.95. The maximum Gasteiger partial charge on any atom is 0.0419 e. The fourth-order valence-corrected chi connectivity index (χ4v) is 1.37. The van der Waals surface area contributed by atoms with E-state index >= 15 is 0 Å². The molecule has 0 bridgehead atoms. The van der Waals surface area contributed by atoms with Gasteiger partial charge < -0.3 is 11.5 Å². The number of hydrogen-bond acceptors (Lipinski definition) is 2. The highest BCUT2D eigenvalue weighted by Crippen LogP contribution is 2.16. The van der Waals surface area contributed by atoms with Crippen LogP contribution in [0.1, 0.15) is 17.2 Å². The summed E-state index contributed by atoms with van der Waals surface area (Å²) >= 11 is 2.30. The van der Waals surface area contributed by atoms with Crippen molar-refractivity contribution in [1.82, 2.24) is 0 Å². The fraction of sp³-hybridized carbons (Fsp3) is 0.333. The summed E-state index contributed by atoms with van der Waals surface area (Å²) < 4.78 is 1.26. The van der Waals surface area contributed by atoms with Gasteiger partial charge in [0.15, 0.2) is 0 Å². The summed E-state index contributed by atoms with van der Waals surface area (Å²) in [5, 5.41) is 0. The number of aryl methyl sites for hydroxylation is 1. The first-order valence-corrected chi connectivity index (χ1v) is 4.94. The molecule has 1 atom stereocenters. The van der Waals surface area contributed by atoms with Crippen molar-refractivity contribution in [3.8, 4) is 0 Å². The van der Waals surface area contributed by atoms with Crippen LogP contribution in [-0.4, -0.2) is 6.54 Å². The zero-order chi connectivity index (χ0) is 9.14. The molecular formula is C9H13IN2. The van der Waals surface area contributed by atoms with Crippen LogP contribution in [0.4, 0.5) is 0 Å². The molecule has 1 aromatic rings. The molecule has 0 fully saturated rings. The quantitative estimate of drug-likeness (QED) is 0.805. The van der Waals surface area contributed by atoms with Gasteiger partial charge in [-0.25, -0.2) is 0 Å². The standard InChI is InChI=1S/C9H13IN2/c1-6-4-7(9(12)5-11)2-3-8(6)10/h2-4,9H,5,11-12H2,1H3/t9-/m1/s1. The van der Waals surface area contributed by atoms with Crippen LogP contribution in [0.3, 0.4) is 0 Å². The third-order valence-corrected chi connectivity index (χ3v) is 3.07. The number of hydrogen-bond donors (Lipinski definition) is 2. The number of benzene rings is 1. The molecule has 0 unspecified atom stereocenters. The lowest BCUT2D eigenvalue weighted by atomic mass is 10.1. The second-order valence-electron chi connectivity index (χ2n) is 2.85. The van der Waals surface area contributed by atoms with Crippen LogP contribution >= 0.6 is 22.6 Å². The fourth-order valence-electron chi connectivity index (χ4n) is 1.03. The lowest BCUT2D eigenvalue weighted by Crippen LogP contribution is -2.20. The lowest BCUT2D eigenvalue weighted by molar-refractivity contribution is 0.736. The molecule has 0 aromatic heterocycles. The van der Waals surface area contributed by atoms with E-state index in [1.54, 1.807) is 0 Å². The second-order valence-corrected chi connectivity index (χ2v) is 4.01. The average molecular weight is 276 g/mol. The van der Waals surface area contributed by atoms with Gasteiger partial charge in [0, 0.05) is 16.2 Å². The number of halogens is 1. The van der Waals surface area contributed by atoms with Crippen LogP contribution in [0.25, 0.3) is 0 Å². The van der Waals surface area contributed by atoms with E-state index in [2.05, 4.69) is 41.6 Å². The molecule has 1 rings (SSSR count). The van der Waals surface area contributed by atoms with Crippen molar-refractivity contribution in [2.75, 3.05) is 6.54 Å². The van der Waals surface area contributed by atoms with Gasteiger partial charge in [-0.2, -0.15) is 0 Å². The monoisotopic (exact) mass is 276 g/mol. The second kappa shape index (κ2) is 4.20. The highest BCUT2D eigenvalue weighted by molar-refractivity contribution is 14.1. The van der Waals surface area contributed by atoms with Gasteiger partial charge in [-0.3, -0.25) is 0 Å². The summed E-state index contributed by atoms with van der Waals surface area (Å²) in [5.41, 5.74) is 13.6. The van der Waals surface area contributed by atoms with E-state index in [0.29, 0.717) is 6.54 Å². The van der Waals surface area contributed by atoms with E-state index in [9.17, 15) is 0 Å². The third kappa shape index (κ3) is 2.18. The first-order chi connectivity index (χ1) is 5.65. The molecule has 66 valence electrons. The minimum Gasteiger partial charge on any atom is -0.329 e. The molecular weight excluding hydrogens is 263 g/mol. The van der Waals surface area contributed by atoms with Crippen LogP contribution in [-0.2, 0) is 0 Å². The van der Waals surface area contributed by atoms with Gasteiger partial charge >= 0.3 is 0 Å². The molecule has 4 N–H and O–H groups in total. The molecule has 0 aliphatic carbocycles. The van der Waals surface area contributed by atoms with E-state index < -0.39 is 0 Å². The van der Waals surface area contributed by atoms with E-state index in [1.807, 2.05) is 6.07 Å². The Bertz CT molecular complexity index is 273. The smallest absolute Gasteiger partial charge is 0.0419 e. The predicted molar refractivity (Wildman–Crippen MR) is 59.9 cm³/mol.